The van der Waals surface area contributed by atoms with Crippen molar-refractivity contribution in [3.8, 4) is 0 Å². The zero-order valence-corrected chi connectivity index (χ0v) is 9.40. The van der Waals surface area contributed by atoms with E-state index in [2.05, 4.69) is 0 Å². The first-order chi connectivity index (χ1) is 6.49. The third kappa shape index (κ3) is 2.09. The Kier molecular flexibility index (Phi) is 3.90. The van der Waals surface area contributed by atoms with E-state index in [-0.39, 0.29) is 17.9 Å². The van der Waals surface area contributed by atoms with Crippen LogP contribution < -0.4 is 0 Å². The minimum atomic E-state index is -1.23. The second kappa shape index (κ2) is 4.58. The highest BCUT2D eigenvalue weighted by Gasteiger charge is 2.46. The Balaban J connectivity index is 2.66. The molecule has 1 aliphatic heterocycles. The Hall–Kier alpha value is -0.150. The molecule has 0 aromatic heterocycles. The lowest BCUT2D eigenvalue weighted by atomic mass is 9.94. The van der Waals surface area contributed by atoms with Crippen LogP contribution in [0.2, 0.25) is 0 Å². The first-order valence-electron chi connectivity index (χ1n) is 5.46. The van der Waals surface area contributed by atoms with Gasteiger partial charge in [0.15, 0.2) is 6.17 Å². The maximum Gasteiger partial charge on any atom is 0.155 e. The predicted molar refractivity (Wildman–Crippen MR) is 53.9 cm³/mol. The molecule has 84 valence electrons. The first-order valence-corrected chi connectivity index (χ1v) is 5.46. The lowest BCUT2D eigenvalue weighted by Crippen LogP contribution is -2.33. The number of halogens is 1. The Labute approximate surface area is 85.5 Å². The fraction of sp³-hybridized carbons (Fsp3) is 1.00. The molecule has 1 fully saturated rings. The summed E-state index contributed by atoms with van der Waals surface area (Å²) in [4.78, 5) is 0. The van der Waals surface area contributed by atoms with Crippen molar-refractivity contribution >= 4 is 0 Å². The van der Waals surface area contributed by atoms with Gasteiger partial charge < -0.3 is 9.84 Å². The molecule has 3 unspecified atom stereocenters. The van der Waals surface area contributed by atoms with Gasteiger partial charge in [0, 0.05) is 0 Å². The lowest BCUT2D eigenvalue weighted by Gasteiger charge is -2.21. The van der Waals surface area contributed by atoms with Crippen molar-refractivity contribution in [3.05, 3.63) is 0 Å². The average molecular weight is 204 g/mol. The molecule has 14 heavy (non-hydrogen) atoms. The number of alkyl halides is 1. The van der Waals surface area contributed by atoms with Gasteiger partial charge in [0.2, 0.25) is 0 Å². The molecule has 0 spiro atoms. The van der Waals surface area contributed by atoms with E-state index in [1.807, 2.05) is 27.7 Å². The number of hydrogen-bond acceptors (Lipinski definition) is 2. The summed E-state index contributed by atoms with van der Waals surface area (Å²) in [5.41, 5.74) is 0. The minimum Gasteiger partial charge on any atom is -0.387 e. The number of hydrogen-bond donors (Lipinski definition) is 1. The number of ether oxygens (including phenoxy) is 1. The van der Waals surface area contributed by atoms with Gasteiger partial charge >= 0.3 is 0 Å². The second-order valence-electron chi connectivity index (χ2n) is 4.63. The predicted octanol–water partition coefficient (Wildman–Crippen LogP) is 2.15. The van der Waals surface area contributed by atoms with E-state index >= 15 is 0 Å². The van der Waals surface area contributed by atoms with E-state index in [0.717, 1.165) is 6.42 Å². The summed E-state index contributed by atoms with van der Waals surface area (Å²) < 4.78 is 19.2. The summed E-state index contributed by atoms with van der Waals surface area (Å²) in [6.07, 6.45) is -2.04. The van der Waals surface area contributed by atoms with Gasteiger partial charge in [-0.05, 0) is 11.8 Å². The maximum atomic E-state index is 13.6. The molecule has 0 radical (unpaired) electrons. The lowest BCUT2D eigenvalue weighted by molar-refractivity contribution is -0.0356. The number of aliphatic hydroxyl groups is 1. The monoisotopic (exact) mass is 204 g/mol. The van der Waals surface area contributed by atoms with Crippen LogP contribution in [0, 0.1) is 11.8 Å². The van der Waals surface area contributed by atoms with Gasteiger partial charge in [0.1, 0.15) is 6.10 Å². The van der Waals surface area contributed by atoms with E-state index in [9.17, 15) is 9.50 Å². The molecule has 0 saturated carbocycles. The van der Waals surface area contributed by atoms with Crippen molar-refractivity contribution in [1.82, 2.24) is 0 Å². The maximum absolute atomic E-state index is 13.6. The van der Waals surface area contributed by atoms with E-state index < -0.39 is 18.4 Å². The van der Waals surface area contributed by atoms with Gasteiger partial charge in [0.25, 0.3) is 0 Å². The third-order valence-electron chi connectivity index (χ3n) is 3.15. The van der Waals surface area contributed by atoms with Crippen LogP contribution in [0.15, 0.2) is 0 Å². The molecule has 0 bridgehead atoms. The van der Waals surface area contributed by atoms with Crippen LogP contribution in [0.25, 0.3) is 0 Å². The fourth-order valence-corrected chi connectivity index (χ4v) is 1.94. The summed E-state index contributed by atoms with van der Waals surface area (Å²) in [7, 11) is 0. The van der Waals surface area contributed by atoms with Crippen LogP contribution in [-0.4, -0.2) is 29.6 Å². The average Bonchev–Trinajstić information content (AvgIpc) is 2.43. The van der Waals surface area contributed by atoms with Gasteiger partial charge in [-0.2, -0.15) is 0 Å². The van der Waals surface area contributed by atoms with Crippen LogP contribution in [-0.2, 0) is 4.74 Å². The highest BCUT2D eigenvalue weighted by Crippen LogP contribution is 2.33. The molecular formula is C11H21FO2. The number of aliphatic hydroxyl groups excluding tert-OH is 1. The highest BCUT2D eigenvalue weighted by molar-refractivity contribution is 4.93. The topological polar surface area (TPSA) is 29.5 Å². The van der Waals surface area contributed by atoms with Gasteiger partial charge in [-0.3, -0.25) is 0 Å². The highest BCUT2D eigenvalue weighted by atomic mass is 19.1. The molecule has 1 saturated heterocycles. The van der Waals surface area contributed by atoms with Crippen LogP contribution in [0.5, 0.6) is 0 Å². The van der Waals surface area contributed by atoms with Crippen molar-refractivity contribution in [2.45, 2.75) is 58.6 Å². The summed E-state index contributed by atoms with van der Waals surface area (Å²) in [5.74, 6) is 0.334. The molecule has 1 rings (SSSR count). The molecule has 5 atom stereocenters. The molecule has 1 aliphatic rings. The first kappa shape index (κ1) is 11.9. The SMILES string of the molecule is CCC(C)C1OC(C(C)C)[C@@H](F)[C@@H]1O. The molecule has 0 aromatic rings. The van der Waals surface area contributed by atoms with Gasteiger partial charge in [-0.1, -0.05) is 34.1 Å². The van der Waals surface area contributed by atoms with Crippen molar-refractivity contribution in [2.75, 3.05) is 0 Å². The molecule has 1 N–H and O–H groups in total. The fourth-order valence-electron chi connectivity index (χ4n) is 1.94. The zero-order chi connectivity index (χ0) is 10.9. The summed E-state index contributed by atoms with van der Waals surface area (Å²) in [6.45, 7) is 7.85. The smallest absolute Gasteiger partial charge is 0.155 e. The summed E-state index contributed by atoms with van der Waals surface area (Å²) in [5, 5.41) is 9.68. The van der Waals surface area contributed by atoms with Crippen molar-refractivity contribution in [2.24, 2.45) is 11.8 Å². The zero-order valence-electron chi connectivity index (χ0n) is 9.40. The molecule has 0 aromatic carbocycles. The van der Waals surface area contributed by atoms with Gasteiger partial charge in [-0.25, -0.2) is 4.39 Å². The molecule has 3 heteroatoms. The Morgan fingerprint density at radius 2 is 1.86 bits per heavy atom. The van der Waals surface area contributed by atoms with Crippen LogP contribution in [0.3, 0.4) is 0 Å². The Bertz CT molecular complexity index is 184. The molecule has 1 heterocycles. The van der Waals surface area contributed by atoms with E-state index in [1.54, 1.807) is 0 Å². The van der Waals surface area contributed by atoms with Crippen molar-refractivity contribution in [3.63, 3.8) is 0 Å². The van der Waals surface area contributed by atoms with E-state index in [0.29, 0.717) is 0 Å². The Morgan fingerprint density at radius 3 is 2.21 bits per heavy atom. The van der Waals surface area contributed by atoms with E-state index in [1.165, 1.54) is 0 Å². The molecule has 2 nitrogen and oxygen atoms in total. The van der Waals surface area contributed by atoms with Crippen LogP contribution >= 0.6 is 0 Å². The summed E-state index contributed by atoms with van der Waals surface area (Å²) >= 11 is 0. The largest absolute Gasteiger partial charge is 0.387 e. The minimum absolute atomic E-state index is 0.119. The van der Waals surface area contributed by atoms with Gasteiger partial charge in [-0.15, -0.1) is 0 Å². The van der Waals surface area contributed by atoms with Crippen molar-refractivity contribution in [1.29, 1.82) is 0 Å². The van der Waals surface area contributed by atoms with Crippen molar-refractivity contribution < 1.29 is 14.2 Å². The normalized spacial score (nSPS) is 40.5. The summed E-state index contributed by atoms with van der Waals surface area (Å²) in [6, 6.07) is 0. The molecule has 0 amide bonds. The Morgan fingerprint density at radius 1 is 1.29 bits per heavy atom. The molecule has 0 aliphatic carbocycles. The molecular weight excluding hydrogens is 183 g/mol. The number of rotatable bonds is 3. The van der Waals surface area contributed by atoms with Crippen LogP contribution in [0.1, 0.15) is 34.1 Å². The van der Waals surface area contributed by atoms with Crippen LogP contribution in [0.4, 0.5) is 4.39 Å². The second-order valence-corrected chi connectivity index (χ2v) is 4.63. The standard InChI is InChI=1S/C11H21FO2/c1-5-7(4)11-9(13)8(12)10(14-11)6(2)3/h6-11,13H,5H2,1-4H3/t7?,8-,9-,10?,11?/m0/s1. The van der Waals surface area contributed by atoms with Gasteiger partial charge in [0.05, 0.1) is 12.2 Å². The third-order valence-corrected chi connectivity index (χ3v) is 3.15. The van der Waals surface area contributed by atoms with E-state index in [4.69, 9.17) is 4.74 Å². The quantitative estimate of drug-likeness (QED) is 0.763.